The summed E-state index contributed by atoms with van der Waals surface area (Å²) in [6.45, 7) is 10.2. The highest BCUT2D eigenvalue weighted by atomic mass is 16.5. The average Bonchev–Trinajstić information content (AvgIpc) is 2.26. The minimum Gasteiger partial charge on any atom is -0.378 e. The number of amides is 1. The van der Waals surface area contributed by atoms with Crippen molar-refractivity contribution in [2.24, 2.45) is 5.92 Å². The number of hydrogen-bond donors (Lipinski definition) is 1. The van der Waals surface area contributed by atoms with Crippen LogP contribution in [0.25, 0.3) is 0 Å². The Kier molecular flexibility index (Phi) is 5.77. The van der Waals surface area contributed by atoms with Crippen molar-refractivity contribution in [3.05, 3.63) is 0 Å². The van der Waals surface area contributed by atoms with E-state index < -0.39 is 0 Å². The molecule has 1 unspecified atom stereocenters. The summed E-state index contributed by atoms with van der Waals surface area (Å²) in [5, 5.41) is 3.31. The van der Waals surface area contributed by atoms with Crippen molar-refractivity contribution in [2.75, 3.05) is 32.8 Å². The maximum absolute atomic E-state index is 12.0. The number of hydrogen-bond acceptors (Lipinski definition) is 3. The van der Waals surface area contributed by atoms with E-state index >= 15 is 0 Å². The number of ether oxygens (including phenoxy) is 1. The molecule has 0 bridgehead atoms. The van der Waals surface area contributed by atoms with Gasteiger partial charge in [0.25, 0.3) is 0 Å². The molecule has 1 rings (SSSR count). The van der Waals surface area contributed by atoms with Crippen molar-refractivity contribution in [3.63, 3.8) is 0 Å². The van der Waals surface area contributed by atoms with Crippen LogP contribution in [0.15, 0.2) is 0 Å². The van der Waals surface area contributed by atoms with Gasteiger partial charge in [-0.3, -0.25) is 4.79 Å². The Bertz CT molecular complexity index is 213. The number of rotatable bonds is 5. The quantitative estimate of drug-likeness (QED) is 0.759. The zero-order valence-electron chi connectivity index (χ0n) is 10.7. The highest BCUT2D eigenvalue weighted by Gasteiger charge is 2.20. The van der Waals surface area contributed by atoms with Crippen LogP contribution < -0.4 is 5.32 Å². The molecule has 0 spiro atoms. The lowest BCUT2D eigenvalue weighted by Gasteiger charge is -2.28. The second-order valence-electron chi connectivity index (χ2n) is 4.76. The molecule has 4 nitrogen and oxygen atoms in total. The van der Waals surface area contributed by atoms with E-state index in [9.17, 15) is 4.79 Å². The van der Waals surface area contributed by atoms with Crippen LogP contribution in [-0.2, 0) is 9.53 Å². The minimum atomic E-state index is 0.197. The van der Waals surface area contributed by atoms with Gasteiger partial charge in [0, 0.05) is 32.1 Å². The Morgan fingerprint density at radius 3 is 2.81 bits per heavy atom. The zero-order valence-corrected chi connectivity index (χ0v) is 10.7. The van der Waals surface area contributed by atoms with E-state index in [0.717, 1.165) is 26.2 Å². The van der Waals surface area contributed by atoms with Crippen molar-refractivity contribution in [2.45, 2.75) is 33.2 Å². The molecule has 4 heteroatoms. The molecule has 0 saturated carbocycles. The maximum atomic E-state index is 12.0. The molecule has 1 atom stereocenters. The molecule has 1 fully saturated rings. The number of nitrogens with zero attached hydrogens (tertiary/aromatic N) is 1. The fourth-order valence-corrected chi connectivity index (χ4v) is 1.94. The predicted molar refractivity (Wildman–Crippen MR) is 64.3 cm³/mol. The Morgan fingerprint density at radius 1 is 1.56 bits per heavy atom. The second-order valence-corrected chi connectivity index (χ2v) is 4.76. The lowest BCUT2D eigenvalue weighted by molar-refractivity contribution is -0.132. The van der Waals surface area contributed by atoms with Gasteiger partial charge in [0.2, 0.25) is 5.91 Å². The molecule has 1 aliphatic rings. The zero-order chi connectivity index (χ0) is 12.0. The average molecular weight is 228 g/mol. The van der Waals surface area contributed by atoms with Crippen molar-refractivity contribution in [1.29, 1.82) is 0 Å². The number of nitrogens with one attached hydrogen (secondary N) is 1. The monoisotopic (exact) mass is 228 g/mol. The lowest BCUT2D eigenvalue weighted by Crippen LogP contribution is -2.45. The van der Waals surface area contributed by atoms with Crippen LogP contribution in [0.2, 0.25) is 0 Å². The fraction of sp³-hybridized carbons (Fsp3) is 0.917. The molecule has 1 aliphatic heterocycles. The van der Waals surface area contributed by atoms with Crippen LogP contribution in [0.5, 0.6) is 0 Å². The first kappa shape index (κ1) is 13.5. The number of carbonyl (C=O) groups excluding carboxylic acids is 1. The molecule has 0 aliphatic carbocycles. The van der Waals surface area contributed by atoms with Gasteiger partial charge in [-0.15, -0.1) is 0 Å². The SMILES string of the molecule is CCN(CC(C)C)C(=O)CC1COCCN1. The number of morpholine rings is 1. The summed E-state index contributed by atoms with van der Waals surface area (Å²) in [5.74, 6) is 0.763. The third-order valence-electron chi connectivity index (χ3n) is 2.74. The van der Waals surface area contributed by atoms with Crippen LogP contribution in [0.4, 0.5) is 0 Å². The molecular weight excluding hydrogens is 204 g/mol. The summed E-state index contributed by atoms with van der Waals surface area (Å²) >= 11 is 0. The highest BCUT2D eigenvalue weighted by Crippen LogP contribution is 2.05. The predicted octanol–water partition coefficient (Wildman–Crippen LogP) is 0.869. The van der Waals surface area contributed by atoms with Crippen molar-refractivity contribution in [3.8, 4) is 0 Å². The van der Waals surface area contributed by atoms with E-state index in [1.807, 2.05) is 11.8 Å². The summed E-state index contributed by atoms with van der Waals surface area (Å²) in [5.41, 5.74) is 0. The molecule has 94 valence electrons. The van der Waals surface area contributed by atoms with Crippen LogP contribution in [0, 0.1) is 5.92 Å². The summed E-state index contributed by atoms with van der Waals surface area (Å²) in [7, 11) is 0. The van der Waals surface area contributed by atoms with Gasteiger partial charge in [0.05, 0.1) is 13.2 Å². The second kappa shape index (κ2) is 6.86. The summed E-state index contributed by atoms with van der Waals surface area (Å²) < 4.78 is 5.34. The smallest absolute Gasteiger partial charge is 0.224 e. The highest BCUT2D eigenvalue weighted by molar-refractivity contribution is 5.76. The molecule has 1 amide bonds. The van der Waals surface area contributed by atoms with E-state index in [4.69, 9.17) is 4.74 Å². The van der Waals surface area contributed by atoms with Gasteiger partial charge < -0.3 is 15.0 Å². The molecule has 0 radical (unpaired) electrons. The lowest BCUT2D eigenvalue weighted by atomic mass is 10.1. The topological polar surface area (TPSA) is 41.6 Å². The molecule has 1 saturated heterocycles. The van der Waals surface area contributed by atoms with Crippen LogP contribution in [0.3, 0.4) is 0 Å². The third-order valence-corrected chi connectivity index (χ3v) is 2.74. The minimum absolute atomic E-state index is 0.197. The van der Waals surface area contributed by atoms with Crippen LogP contribution in [-0.4, -0.2) is 49.7 Å². The summed E-state index contributed by atoms with van der Waals surface area (Å²) in [6.07, 6.45) is 0.556. The first-order valence-electron chi connectivity index (χ1n) is 6.22. The van der Waals surface area contributed by atoms with Crippen molar-refractivity contribution in [1.82, 2.24) is 10.2 Å². The molecule has 0 aromatic carbocycles. The van der Waals surface area contributed by atoms with Gasteiger partial charge in [-0.2, -0.15) is 0 Å². The molecule has 16 heavy (non-hydrogen) atoms. The summed E-state index contributed by atoms with van der Waals surface area (Å²) in [6, 6.07) is 0.197. The van der Waals surface area contributed by atoms with E-state index in [2.05, 4.69) is 19.2 Å². The maximum Gasteiger partial charge on any atom is 0.224 e. The van der Waals surface area contributed by atoms with Gasteiger partial charge in [0.15, 0.2) is 0 Å². The largest absolute Gasteiger partial charge is 0.378 e. The first-order valence-corrected chi connectivity index (χ1v) is 6.22. The standard InChI is InChI=1S/C12H24N2O2/c1-4-14(8-10(2)3)12(15)7-11-9-16-6-5-13-11/h10-11,13H,4-9H2,1-3H3. The van der Waals surface area contributed by atoms with E-state index in [0.29, 0.717) is 18.9 Å². The normalized spacial score (nSPS) is 21.1. The molecule has 0 aromatic rings. The molecule has 1 N–H and O–H groups in total. The molecule has 0 aromatic heterocycles. The third kappa shape index (κ3) is 4.49. The Hall–Kier alpha value is -0.610. The van der Waals surface area contributed by atoms with Gasteiger partial charge in [-0.25, -0.2) is 0 Å². The molecule has 1 heterocycles. The van der Waals surface area contributed by atoms with Crippen LogP contribution in [0.1, 0.15) is 27.2 Å². The van der Waals surface area contributed by atoms with Gasteiger partial charge in [0.1, 0.15) is 0 Å². The van der Waals surface area contributed by atoms with E-state index in [-0.39, 0.29) is 11.9 Å². The molecular formula is C12H24N2O2. The number of carbonyl (C=O) groups is 1. The summed E-state index contributed by atoms with van der Waals surface area (Å²) in [4.78, 5) is 13.9. The van der Waals surface area contributed by atoms with Crippen molar-refractivity contribution < 1.29 is 9.53 Å². The Morgan fingerprint density at radius 2 is 2.31 bits per heavy atom. The van der Waals surface area contributed by atoms with E-state index in [1.54, 1.807) is 0 Å². The van der Waals surface area contributed by atoms with Gasteiger partial charge in [-0.1, -0.05) is 13.8 Å². The van der Waals surface area contributed by atoms with Crippen LogP contribution >= 0.6 is 0 Å². The first-order chi connectivity index (χ1) is 7.63. The van der Waals surface area contributed by atoms with Gasteiger partial charge >= 0.3 is 0 Å². The Labute approximate surface area is 98.3 Å². The Balaban J connectivity index is 2.35. The van der Waals surface area contributed by atoms with Gasteiger partial charge in [-0.05, 0) is 12.8 Å². The fourth-order valence-electron chi connectivity index (χ4n) is 1.94. The van der Waals surface area contributed by atoms with Crippen molar-refractivity contribution >= 4 is 5.91 Å². The van der Waals surface area contributed by atoms with E-state index in [1.165, 1.54) is 0 Å².